The van der Waals surface area contributed by atoms with Crippen LogP contribution in [0.2, 0.25) is 0 Å². The van der Waals surface area contributed by atoms with E-state index in [-0.39, 0.29) is 16.6 Å². The Kier molecular flexibility index (Phi) is 3.39. The summed E-state index contributed by atoms with van der Waals surface area (Å²) in [7, 11) is -3.58. The Hall–Kier alpha value is -1.60. The maximum absolute atomic E-state index is 12.6. The average molecular weight is 335 g/mol. The third-order valence-corrected chi connectivity index (χ3v) is 7.13. The molecule has 7 heteroatoms. The van der Waals surface area contributed by atoms with Gasteiger partial charge in [-0.1, -0.05) is 6.42 Å². The molecule has 2 fully saturated rings. The molecule has 0 radical (unpaired) electrons. The van der Waals surface area contributed by atoms with Crippen LogP contribution in [0.4, 0.5) is 0 Å². The Morgan fingerprint density at radius 1 is 1.17 bits per heavy atom. The zero-order chi connectivity index (χ0) is 16.2. The van der Waals surface area contributed by atoms with Crippen molar-refractivity contribution in [1.29, 1.82) is 0 Å². The largest absolute Gasteiger partial charge is 0.323 e. The van der Waals surface area contributed by atoms with Crippen LogP contribution >= 0.6 is 0 Å². The fourth-order valence-electron chi connectivity index (χ4n) is 4.49. The van der Waals surface area contributed by atoms with Crippen molar-refractivity contribution >= 4 is 21.1 Å². The summed E-state index contributed by atoms with van der Waals surface area (Å²) in [6.07, 6.45) is 4.93. The average Bonchev–Trinajstić information content (AvgIpc) is 3.19. The molecule has 4 atom stereocenters. The maximum atomic E-state index is 12.6. The van der Waals surface area contributed by atoms with Gasteiger partial charge in [0.05, 0.1) is 15.9 Å². The first-order chi connectivity index (χ1) is 10.9. The molecule has 6 nitrogen and oxygen atoms in total. The highest BCUT2D eigenvalue weighted by atomic mass is 32.2. The minimum absolute atomic E-state index is 0.0590. The van der Waals surface area contributed by atoms with Crippen LogP contribution < -0.4 is 10.4 Å². The molecule has 4 rings (SSSR count). The van der Waals surface area contributed by atoms with Gasteiger partial charge in [0, 0.05) is 6.04 Å². The van der Waals surface area contributed by atoms with Gasteiger partial charge in [-0.2, -0.15) is 0 Å². The van der Waals surface area contributed by atoms with E-state index in [1.165, 1.54) is 31.4 Å². The maximum Gasteiger partial charge on any atom is 0.323 e. The van der Waals surface area contributed by atoms with E-state index in [2.05, 4.69) is 14.7 Å². The fourth-order valence-corrected chi connectivity index (χ4v) is 5.81. The minimum Gasteiger partial charge on any atom is -0.306 e. The van der Waals surface area contributed by atoms with Crippen molar-refractivity contribution in [3.05, 3.63) is 28.7 Å². The molecule has 2 aromatic rings. The van der Waals surface area contributed by atoms with E-state index in [1.807, 2.05) is 6.92 Å². The summed E-state index contributed by atoms with van der Waals surface area (Å²) in [6.45, 7) is 1.97. The zero-order valence-electron chi connectivity index (χ0n) is 13.0. The molecule has 1 heterocycles. The number of fused-ring (bicyclic) bond motifs is 3. The second-order valence-corrected chi connectivity index (χ2v) is 8.75. The highest BCUT2D eigenvalue weighted by Gasteiger charge is 2.42. The molecule has 0 saturated heterocycles. The number of H-pyrrole nitrogens is 2. The highest BCUT2D eigenvalue weighted by molar-refractivity contribution is 7.89. The third-order valence-electron chi connectivity index (χ3n) is 5.57. The Balaban J connectivity index is 1.57. The Morgan fingerprint density at radius 3 is 2.65 bits per heavy atom. The summed E-state index contributed by atoms with van der Waals surface area (Å²) in [5.41, 5.74) is 0.776. The fraction of sp³-hybridized carbons (Fsp3) is 0.562. The van der Waals surface area contributed by atoms with Gasteiger partial charge in [0.15, 0.2) is 0 Å². The van der Waals surface area contributed by atoms with Crippen molar-refractivity contribution < 1.29 is 8.42 Å². The van der Waals surface area contributed by atoms with Gasteiger partial charge in [-0.05, 0) is 62.1 Å². The highest BCUT2D eigenvalue weighted by Crippen LogP contribution is 2.49. The molecule has 0 spiro atoms. The quantitative estimate of drug-likeness (QED) is 0.797. The molecule has 2 aliphatic carbocycles. The van der Waals surface area contributed by atoms with Gasteiger partial charge in [0.1, 0.15) is 0 Å². The smallest absolute Gasteiger partial charge is 0.306 e. The lowest BCUT2D eigenvalue weighted by molar-refractivity contribution is 0.280. The molecule has 23 heavy (non-hydrogen) atoms. The van der Waals surface area contributed by atoms with E-state index < -0.39 is 10.0 Å². The van der Waals surface area contributed by atoms with Crippen LogP contribution in [0.25, 0.3) is 11.0 Å². The molecular weight excluding hydrogens is 314 g/mol. The first-order valence-corrected chi connectivity index (χ1v) is 9.65. The second kappa shape index (κ2) is 5.21. The van der Waals surface area contributed by atoms with Crippen LogP contribution in [0.3, 0.4) is 0 Å². The predicted octanol–water partition coefficient (Wildman–Crippen LogP) is 1.96. The Morgan fingerprint density at radius 2 is 1.96 bits per heavy atom. The van der Waals surface area contributed by atoms with E-state index in [0.717, 1.165) is 12.3 Å². The van der Waals surface area contributed by atoms with E-state index in [0.29, 0.717) is 22.9 Å². The molecule has 3 N–H and O–H groups in total. The molecule has 124 valence electrons. The molecule has 0 aliphatic heterocycles. The number of aromatic nitrogens is 2. The number of benzene rings is 1. The zero-order valence-corrected chi connectivity index (χ0v) is 13.8. The van der Waals surface area contributed by atoms with Gasteiger partial charge < -0.3 is 9.97 Å². The molecule has 2 aliphatic rings. The lowest BCUT2D eigenvalue weighted by atomic mass is 9.84. The standard InChI is InChI=1S/C16H21N3O3S/c1-9(13-7-10-2-3-11(13)6-10)19-23(21,22)12-4-5-14-15(8-12)18-16(20)17-14/h4-5,8-11,13,19H,2-3,6-7H2,1H3,(H2,17,18,20)/t9-,10+,11+,13+/m1/s1. The number of imidazole rings is 1. The summed E-state index contributed by atoms with van der Waals surface area (Å²) < 4.78 is 28.1. The molecule has 0 amide bonds. The van der Waals surface area contributed by atoms with E-state index in [1.54, 1.807) is 6.07 Å². The molecule has 1 aromatic carbocycles. The Bertz CT molecular complexity index is 899. The van der Waals surface area contributed by atoms with Crippen LogP contribution in [0.5, 0.6) is 0 Å². The summed E-state index contributed by atoms with van der Waals surface area (Å²) in [4.78, 5) is 16.7. The molecule has 2 bridgehead atoms. The molecule has 0 unspecified atom stereocenters. The number of rotatable bonds is 4. The van der Waals surface area contributed by atoms with Crippen LogP contribution in [0.15, 0.2) is 27.9 Å². The second-order valence-electron chi connectivity index (χ2n) is 7.04. The number of sulfonamides is 1. The van der Waals surface area contributed by atoms with Crippen LogP contribution in [-0.2, 0) is 10.0 Å². The first kappa shape index (κ1) is 15.0. The van der Waals surface area contributed by atoms with Gasteiger partial charge in [0.2, 0.25) is 10.0 Å². The summed E-state index contributed by atoms with van der Waals surface area (Å²) in [5.74, 6) is 1.90. The first-order valence-electron chi connectivity index (χ1n) is 8.17. The van der Waals surface area contributed by atoms with Crippen LogP contribution in [0.1, 0.15) is 32.6 Å². The SMILES string of the molecule is C[C@@H](NS(=O)(=O)c1ccc2[nH]c(=O)[nH]c2c1)[C@@H]1C[C@H]2CC[C@H]1C2. The van der Waals surface area contributed by atoms with Crippen LogP contribution in [0, 0.1) is 17.8 Å². The topological polar surface area (TPSA) is 94.8 Å². The lowest BCUT2D eigenvalue weighted by Crippen LogP contribution is -2.40. The van der Waals surface area contributed by atoms with Crippen molar-refractivity contribution in [2.24, 2.45) is 17.8 Å². The molecular formula is C16H21N3O3S. The van der Waals surface area contributed by atoms with Crippen LogP contribution in [-0.4, -0.2) is 24.4 Å². The van der Waals surface area contributed by atoms with Crippen molar-refractivity contribution in [1.82, 2.24) is 14.7 Å². The van der Waals surface area contributed by atoms with E-state index >= 15 is 0 Å². The molecule has 1 aromatic heterocycles. The normalized spacial score (nSPS) is 28.5. The summed E-state index contributed by atoms with van der Waals surface area (Å²) in [6, 6.07) is 4.59. The van der Waals surface area contributed by atoms with E-state index in [9.17, 15) is 13.2 Å². The van der Waals surface area contributed by atoms with Gasteiger partial charge in [0.25, 0.3) is 0 Å². The monoisotopic (exact) mass is 335 g/mol. The lowest BCUT2D eigenvalue weighted by Gasteiger charge is -2.28. The predicted molar refractivity (Wildman–Crippen MR) is 87.6 cm³/mol. The van der Waals surface area contributed by atoms with Gasteiger partial charge in [-0.3, -0.25) is 0 Å². The van der Waals surface area contributed by atoms with Gasteiger partial charge >= 0.3 is 5.69 Å². The van der Waals surface area contributed by atoms with E-state index in [4.69, 9.17) is 0 Å². The summed E-state index contributed by atoms with van der Waals surface area (Å²) >= 11 is 0. The van der Waals surface area contributed by atoms with Crippen molar-refractivity contribution in [2.75, 3.05) is 0 Å². The number of nitrogens with one attached hydrogen (secondary N) is 3. The minimum atomic E-state index is -3.58. The molecule has 2 saturated carbocycles. The third kappa shape index (κ3) is 2.61. The van der Waals surface area contributed by atoms with Crippen molar-refractivity contribution in [3.8, 4) is 0 Å². The number of hydrogen-bond acceptors (Lipinski definition) is 3. The number of hydrogen-bond donors (Lipinski definition) is 3. The van der Waals surface area contributed by atoms with Crippen molar-refractivity contribution in [2.45, 2.75) is 43.5 Å². The Labute approximate surface area is 134 Å². The van der Waals surface area contributed by atoms with Gasteiger partial charge in [-0.15, -0.1) is 0 Å². The van der Waals surface area contributed by atoms with Gasteiger partial charge in [-0.25, -0.2) is 17.9 Å². The number of aromatic amines is 2. The van der Waals surface area contributed by atoms with Crippen molar-refractivity contribution in [3.63, 3.8) is 0 Å². The summed E-state index contributed by atoms with van der Waals surface area (Å²) in [5, 5.41) is 0.